The van der Waals surface area contributed by atoms with E-state index in [4.69, 9.17) is 21.1 Å². The van der Waals surface area contributed by atoms with E-state index >= 15 is 0 Å². The fourth-order valence-electron chi connectivity index (χ4n) is 2.67. The van der Waals surface area contributed by atoms with Gasteiger partial charge in [-0.25, -0.2) is 0 Å². The van der Waals surface area contributed by atoms with E-state index in [2.05, 4.69) is 28.4 Å². The lowest BCUT2D eigenvalue weighted by Gasteiger charge is -2.27. The molecule has 1 N–H and O–H groups in total. The van der Waals surface area contributed by atoms with Gasteiger partial charge in [0.15, 0.2) is 0 Å². The van der Waals surface area contributed by atoms with Gasteiger partial charge in [-0.05, 0) is 17.2 Å². The van der Waals surface area contributed by atoms with Crippen molar-refractivity contribution in [3.05, 3.63) is 34.3 Å². The molecule has 2 aliphatic rings. The number of nitrogens with zero attached hydrogens (tertiary/aromatic N) is 1. The first kappa shape index (κ1) is 14.3. The van der Waals surface area contributed by atoms with Gasteiger partial charge in [-0.1, -0.05) is 23.7 Å². The Labute approximate surface area is 125 Å². The molecule has 1 unspecified atom stereocenters. The van der Waals surface area contributed by atoms with Gasteiger partial charge in [0.25, 0.3) is 0 Å². The summed E-state index contributed by atoms with van der Waals surface area (Å²) in [6.07, 6.45) is 0.124. The third-order valence-electron chi connectivity index (χ3n) is 3.87. The number of benzene rings is 1. The van der Waals surface area contributed by atoms with Crippen molar-refractivity contribution in [1.82, 2.24) is 10.2 Å². The van der Waals surface area contributed by atoms with Gasteiger partial charge in [-0.2, -0.15) is 0 Å². The zero-order valence-corrected chi connectivity index (χ0v) is 12.4. The van der Waals surface area contributed by atoms with Crippen LogP contribution >= 0.6 is 11.6 Å². The van der Waals surface area contributed by atoms with Gasteiger partial charge < -0.3 is 14.8 Å². The molecule has 0 saturated carbocycles. The second-order valence-corrected chi connectivity index (χ2v) is 5.71. The maximum absolute atomic E-state index is 6.43. The van der Waals surface area contributed by atoms with E-state index in [1.807, 2.05) is 0 Å². The molecule has 0 amide bonds. The maximum atomic E-state index is 6.43. The van der Waals surface area contributed by atoms with Crippen molar-refractivity contribution in [1.29, 1.82) is 0 Å². The topological polar surface area (TPSA) is 33.7 Å². The molecule has 110 valence electrons. The Morgan fingerprint density at radius 1 is 1.25 bits per heavy atom. The molecule has 1 atom stereocenters. The minimum atomic E-state index is 0.124. The van der Waals surface area contributed by atoms with E-state index in [1.165, 1.54) is 5.56 Å². The van der Waals surface area contributed by atoms with Gasteiger partial charge in [-0.15, -0.1) is 0 Å². The molecule has 2 saturated heterocycles. The van der Waals surface area contributed by atoms with Crippen molar-refractivity contribution in [2.75, 3.05) is 46.0 Å². The Morgan fingerprint density at radius 2 is 2.10 bits per heavy atom. The molecule has 2 fully saturated rings. The molecular formula is C15H21ClN2O2. The van der Waals surface area contributed by atoms with Crippen molar-refractivity contribution in [2.45, 2.75) is 12.6 Å². The lowest BCUT2D eigenvalue weighted by atomic mass is 10.1. The number of hydrogen-bond acceptors (Lipinski definition) is 4. The Kier molecular flexibility index (Phi) is 4.91. The van der Waals surface area contributed by atoms with Crippen molar-refractivity contribution in [2.24, 2.45) is 0 Å². The van der Waals surface area contributed by atoms with Crippen LogP contribution in [0.5, 0.6) is 0 Å². The molecular weight excluding hydrogens is 276 g/mol. The highest BCUT2D eigenvalue weighted by Gasteiger charge is 2.18. The first-order chi connectivity index (χ1) is 9.83. The number of morpholine rings is 2. The van der Waals surface area contributed by atoms with E-state index in [1.54, 1.807) is 0 Å². The fraction of sp³-hybridized carbons (Fsp3) is 0.600. The van der Waals surface area contributed by atoms with E-state index in [0.29, 0.717) is 0 Å². The van der Waals surface area contributed by atoms with Crippen LogP contribution in [0.25, 0.3) is 0 Å². The van der Waals surface area contributed by atoms with Crippen LogP contribution in [0.15, 0.2) is 18.2 Å². The van der Waals surface area contributed by atoms with Gasteiger partial charge >= 0.3 is 0 Å². The highest BCUT2D eigenvalue weighted by molar-refractivity contribution is 6.31. The lowest BCUT2D eigenvalue weighted by Crippen LogP contribution is -2.35. The molecule has 0 bridgehead atoms. The molecule has 2 heterocycles. The maximum Gasteiger partial charge on any atom is 0.0950 e. The number of hydrogen-bond donors (Lipinski definition) is 1. The van der Waals surface area contributed by atoms with Gasteiger partial charge in [0.05, 0.1) is 25.9 Å². The fourth-order valence-corrected chi connectivity index (χ4v) is 2.92. The number of nitrogens with one attached hydrogen (secondary N) is 1. The molecule has 3 rings (SSSR count). The number of halogens is 1. The Bertz CT molecular complexity index is 443. The zero-order chi connectivity index (χ0) is 13.8. The van der Waals surface area contributed by atoms with Crippen LogP contribution in [-0.2, 0) is 16.0 Å². The Balaban J connectivity index is 1.66. The largest absolute Gasteiger partial charge is 0.379 e. The van der Waals surface area contributed by atoms with E-state index in [0.717, 1.165) is 63.1 Å². The van der Waals surface area contributed by atoms with Crippen LogP contribution in [0.1, 0.15) is 17.2 Å². The zero-order valence-electron chi connectivity index (χ0n) is 11.6. The summed E-state index contributed by atoms with van der Waals surface area (Å²) in [5.74, 6) is 0. The smallest absolute Gasteiger partial charge is 0.0950 e. The average molecular weight is 297 g/mol. The Hall–Kier alpha value is -0.650. The molecule has 1 aromatic carbocycles. The molecule has 0 aliphatic carbocycles. The summed E-state index contributed by atoms with van der Waals surface area (Å²) in [6.45, 7) is 7.04. The minimum absolute atomic E-state index is 0.124. The van der Waals surface area contributed by atoms with E-state index in [9.17, 15) is 0 Å². The SMILES string of the molecule is Clc1cc(C2CNCCO2)ccc1CN1CCOCC1. The van der Waals surface area contributed by atoms with Crippen molar-refractivity contribution in [3.8, 4) is 0 Å². The number of rotatable bonds is 3. The number of ether oxygens (including phenoxy) is 2. The van der Waals surface area contributed by atoms with Crippen molar-refractivity contribution < 1.29 is 9.47 Å². The highest BCUT2D eigenvalue weighted by Crippen LogP contribution is 2.26. The Morgan fingerprint density at radius 3 is 2.80 bits per heavy atom. The van der Waals surface area contributed by atoms with Crippen LogP contribution in [0.4, 0.5) is 0 Å². The summed E-state index contributed by atoms with van der Waals surface area (Å²) in [5.41, 5.74) is 2.34. The molecule has 5 heteroatoms. The lowest BCUT2D eigenvalue weighted by molar-refractivity contribution is 0.0276. The normalized spacial score (nSPS) is 24.8. The van der Waals surface area contributed by atoms with Crippen molar-refractivity contribution in [3.63, 3.8) is 0 Å². The average Bonchev–Trinajstić information content (AvgIpc) is 2.51. The first-order valence-electron chi connectivity index (χ1n) is 7.24. The second kappa shape index (κ2) is 6.87. The summed E-state index contributed by atoms with van der Waals surface area (Å²) in [4.78, 5) is 2.38. The standard InChI is InChI=1S/C15H21ClN2O2/c16-14-9-12(15-10-17-3-6-20-15)1-2-13(14)11-18-4-7-19-8-5-18/h1-2,9,15,17H,3-8,10-11H2. The summed E-state index contributed by atoms with van der Waals surface area (Å²) >= 11 is 6.43. The molecule has 0 spiro atoms. The van der Waals surface area contributed by atoms with Crippen LogP contribution in [-0.4, -0.2) is 50.9 Å². The van der Waals surface area contributed by atoms with Crippen LogP contribution in [0.3, 0.4) is 0 Å². The summed E-state index contributed by atoms with van der Waals surface area (Å²) in [6, 6.07) is 6.32. The van der Waals surface area contributed by atoms with E-state index in [-0.39, 0.29) is 6.10 Å². The molecule has 0 aromatic heterocycles. The van der Waals surface area contributed by atoms with Crippen molar-refractivity contribution >= 4 is 11.6 Å². The summed E-state index contributed by atoms with van der Waals surface area (Å²) in [7, 11) is 0. The van der Waals surface area contributed by atoms with Crippen LogP contribution < -0.4 is 5.32 Å². The third-order valence-corrected chi connectivity index (χ3v) is 4.23. The summed E-state index contributed by atoms with van der Waals surface area (Å²) < 4.78 is 11.1. The second-order valence-electron chi connectivity index (χ2n) is 5.30. The highest BCUT2D eigenvalue weighted by atomic mass is 35.5. The first-order valence-corrected chi connectivity index (χ1v) is 7.61. The molecule has 20 heavy (non-hydrogen) atoms. The predicted octanol–water partition coefficient (Wildman–Crippen LogP) is 1.83. The molecule has 2 aliphatic heterocycles. The quantitative estimate of drug-likeness (QED) is 0.923. The van der Waals surface area contributed by atoms with Crippen LogP contribution in [0, 0.1) is 0 Å². The monoisotopic (exact) mass is 296 g/mol. The van der Waals surface area contributed by atoms with Gasteiger partial charge in [-0.3, -0.25) is 4.90 Å². The predicted molar refractivity (Wildman–Crippen MR) is 79.1 cm³/mol. The van der Waals surface area contributed by atoms with E-state index < -0.39 is 0 Å². The molecule has 1 aromatic rings. The molecule has 4 nitrogen and oxygen atoms in total. The molecule has 0 radical (unpaired) electrons. The van der Waals surface area contributed by atoms with Gasteiger partial charge in [0.1, 0.15) is 0 Å². The summed E-state index contributed by atoms with van der Waals surface area (Å²) in [5, 5.41) is 4.18. The van der Waals surface area contributed by atoms with Gasteiger partial charge in [0, 0.05) is 37.7 Å². The van der Waals surface area contributed by atoms with Gasteiger partial charge in [0.2, 0.25) is 0 Å². The third kappa shape index (κ3) is 3.51. The van der Waals surface area contributed by atoms with Crippen LogP contribution in [0.2, 0.25) is 5.02 Å². The minimum Gasteiger partial charge on any atom is -0.379 e.